The Morgan fingerprint density at radius 1 is 1.50 bits per heavy atom. The van der Waals surface area contributed by atoms with Gasteiger partial charge in [0.25, 0.3) is 0 Å². The van der Waals surface area contributed by atoms with Crippen molar-refractivity contribution in [3.8, 4) is 0 Å². The monoisotopic (exact) mass is 165 g/mol. The van der Waals surface area contributed by atoms with Gasteiger partial charge in [0.1, 0.15) is 5.84 Å². The summed E-state index contributed by atoms with van der Waals surface area (Å²) in [4.78, 5) is 6.76. The Bertz CT molecular complexity index is 265. The van der Waals surface area contributed by atoms with Gasteiger partial charge in [0.2, 0.25) is 0 Å². The highest BCUT2D eigenvalue weighted by Crippen LogP contribution is 2.23. The maximum Gasteiger partial charge on any atom is 0.102 e. The molecular weight excluding hydrogens is 150 g/mol. The number of amidine groups is 1. The minimum absolute atomic E-state index is 0.521. The van der Waals surface area contributed by atoms with Crippen LogP contribution in [0.5, 0.6) is 0 Å². The van der Waals surface area contributed by atoms with Gasteiger partial charge in [-0.15, -0.1) is 0 Å². The standard InChI is InChI=1S/C9H15N3/c1-6-8-4-10-5-9(8)11-7(2)12(6)3/h6,10H,4-5H2,1-3H3. The minimum atomic E-state index is 0.521. The summed E-state index contributed by atoms with van der Waals surface area (Å²) in [7, 11) is 2.10. The van der Waals surface area contributed by atoms with Crippen molar-refractivity contribution < 1.29 is 0 Å². The SMILES string of the molecule is CC1=NC2=C(CNC2)C(C)N1C. The fraction of sp³-hybridized carbons (Fsp3) is 0.667. The van der Waals surface area contributed by atoms with Crippen LogP contribution in [0.25, 0.3) is 0 Å². The van der Waals surface area contributed by atoms with E-state index in [2.05, 4.69) is 36.1 Å². The van der Waals surface area contributed by atoms with Crippen LogP contribution in [0, 0.1) is 0 Å². The first-order valence-corrected chi connectivity index (χ1v) is 4.41. The molecule has 0 saturated carbocycles. The Labute approximate surface area is 73.2 Å². The summed E-state index contributed by atoms with van der Waals surface area (Å²) in [6.07, 6.45) is 0. The fourth-order valence-corrected chi connectivity index (χ4v) is 1.82. The van der Waals surface area contributed by atoms with Gasteiger partial charge in [0.15, 0.2) is 0 Å². The van der Waals surface area contributed by atoms with Gasteiger partial charge in [-0.25, -0.2) is 4.99 Å². The van der Waals surface area contributed by atoms with Gasteiger partial charge in [-0.1, -0.05) is 0 Å². The number of nitrogens with zero attached hydrogens (tertiary/aromatic N) is 2. The molecule has 0 amide bonds. The molecule has 0 bridgehead atoms. The summed E-state index contributed by atoms with van der Waals surface area (Å²) >= 11 is 0. The predicted octanol–water partition coefficient (Wildman–Crippen LogP) is 0.596. The van der Waals surface area contributed by atoms with E-state index in [4.69, 9.17) is 0 Å². The lowest BCUT2D eigenvalue weighted by molar-refractivity contribution is 0.420. The predicted molar refractivity (Wildman–Crippen MR) is 50.2 cm³/mol. The number of aliphatic imine (C=N–C) groups is 1. The third-order valence-electron chi connectivity index (χ3n) is 2.87. The Morgan fingerprint density at radius 2 is 2.25 bits per heavy atom. The van der Waals surface area contributed by atoms with Crippen LogP contribution in [0.2, 0.25) is 0 Å². The van der Waals surface area contributed by atoms with E-state index in [1.54, 1.807) is 0 Å². The average Bonchev–Trinajstić information content (AvgIpc) is 2.48. The minimum Gasteiger partial charge on any atom is -0.357 e. The molecule has 2 heterocycles. The van der Waals surface area contributed by atoms with Crippen LogP contribution in [-0.4, -0.2) is 36.9 Å². The molecule has 66 valence electrons. The van der Waals surface area contributed by atoms with Gasteiger partial charge in [-0.05, 0) is 19.4 Å². The second kappa shape index (κ2) is 2.59. The summed E-state index contributed by atoms with van der Waals surface area (Å²) in [6, 6.07) is 0.521. The molecule has 12 heavy (non-hydrogen) atoms. The van der Waals surface area contributed by atoms with Crippen molar-refractivity contribution in [1.29, 1.82) is 0 Å². The van der Waals surface area contributed by atoms with E-state index in [1.807, 2.05) is 0 Å². The Morgan fingerprint density at radius 3 is 3.00 bits per heavy atom. The van der Waals surface area contributed by atoms with Gasteiger partial charge in [-0.2, -0.15) is 0 Å². The first-order valence-electron chi connectivity index (χ1n) is 4.41. The van der Waals surface area contributed by atoms with Crippen LogP contribution in [0.1, 0.15) is 13.8 Å². The molecule has 0 aromatic carbocycles. The van der Waals surface area contributed by atoms with E-state index in [-0.39, 0.29) is 0 Å². The molecule has 3 nitrogen and oxygen atoms in total. The molecule has 1 atom stereocenters. The van der Waals surface area contributed by atoms with Crippen molar-refractivity contribution in [3.63, 3.8) is 0 Å². The van der Waals surface area contributed by atoms with Gasteiger partial charge < -0.3 is 10.2 Å². The van der Waals surface area contributed by atoms with Crippen molar-refractivity contribution in [2.24, 2.45) is 4.99 Å². The third kappa shape index (κ3) is 0.966. The number of likely N-dealkylation sites (N-methyl/N-ethyl adjacent to an activating group) is 1. The quantitative estimate of drug-likeness (QED) is 0.569. The molecular formula is C9H15N3. The van der Waals surface area contributed by atoms with Crippen molar-refractivity contribution in [3.05, 3.63) is 11.3 Å². The van der Waals surface area contributed by atoms with Crippen molar-refractivity contribution in [1.82, 2.24) is 10.2 Å². The van der Waals surface area contributed by atoms with Crippen LogP contribution in [-0.2, 0) is 0 Å². The summed E-state index contributed by atoms with van der Waals surface area (Å²) < 4.78 is 0. The Kier molecular flexibility index (Phi) is 1.68. The fourth-order valence-electron chi connectivity index (χ4n) is 1.82. The number of hydrogen-bond acceptors (Lipinski definition) is 3. The topological polar surface area (TPSA) is 27.6 Å². The molecule has 0 aromatic rings. The summed E-state index contributed by atoms with van der Waals surface area (Å²) in [6.45, 7) is 6.27. The zero-order valence-electron chi connectivity index (χ0n) is 7.89. The van der Waals surface area contributed by atoms with Gasteiger partial charge >= 0.3 is 0 Å². The average molecular weight is 165 g/mol. The maximum atomic E-state index is 4.54. The number of hydrogen-bond donors (Lipinski definition) is 1. The van der Waals surface area contributed by atoms with E-state index >= 15 is 0 Å². The lowest BCUT2D eigenvalue weighted by atomic mass is 10.1. The van der Waals surface area contributed by atoms with Crippen molar-refractivity contribution in [2.45, 2.75) is 19.9 Å². The molecule has 3 heteroatoms. The zero-order chi connectivity index (χ0) is 8.72. The number of rotatable bonds is 0. The molecule has 0 aliphatic carbocycles. The largest absolute Gasteiger partial charge is 0.357 e. The third-order valence-corrected chi connectivity index (χ3v) is 2.87. The molecule has 0 saturated heterocycles. The summed E-state index contributed by atoms with van der Waals surface area (Å²) in [5, 5.41) is 3.33. The Balaban J connectivity index is 2.36. The molecule has 1 unspecified atom stereocenters. The summed E-state index contributed by atoms with van der Waals surface area (Å²) in [5.41, 5.74) is 2.72. The first kappa shape index (κ1) is 7.80. The normalized spacial score (nSPS) is 29.1. The highest BCUT2D eigenvalue weighted by molar-refractivity contribution is 5.82. The smallest absolute Gasteiger partial charge is 0.102 e. The summed E-state index contributed by atoms with van der Waals surface area (Å²) in [5.74, 6) is 1.13. The molecule has 0 fully saturated rings. The molecule has 0 radical (unpaired) electrons. The van der Waals surface area contributed by atoms with Gasteiger partial charge in [-0.3, -0.25) is 0 Å². The van der Waals surface area contributed by atoms with E-state index in [0.717, 1.165) is 18.9 Å². The van der Waals surface area contributed by atoms with Crippen molar-refractivity contribution >= 4 is 5.84 Å². The van der Waals surface area contributed by atoms with E-state index in [0.29, 0.717) is 6.04 Å². The van der Waals surface area contributed by atoms with E-state index < -0.39 is 0 Å². The lowest BCUT2D eigenvalue weighted by Crippen LogP contribution is -2.38. The maximum absolute atomic E-state index is 4.54. The zero-order valence-corrected chi connectivity index (χ0v) is 7.89. The van der Waals surface area contributed by atoms with Crippen LogP contribution < -0.4 is 5.32 Å². The van der Waals surface area contributed by atoms with Crippen LogP contribution in [0.4, 0.5) is 0 Å². The highest BCUT2D eigenvalue weighted by atomic mass is 15.2. The second-order valence-corrected chi connectivity index (χ2v) is 3.52. The second-order valence-electron chi connectivity index (χ2n) is 3.52. The van der Waals surface area contributed by atoms with E-state index in [1.165, 1.54) is 11.3 Å². The molecule has 1 N–H and O–H groups in total. The van der Waals surface area contributed by atoms with E-state index in [9.17, 15) is 0 Å². The highest BCUT2D eigenvalue weighted by Gasteiger charge is 2.26. The molecule has 0 spiro atoms. The molecule has 2 aliphatic rings. The van der Waals surface area contributed by atoms with Gasteiger partial charge in [0, 0.05) is 20.1 Å². The van der Waals surface area contributed by atoms with Crippen LogP contribution >= 0.6 is 0 Å². The molecule has 2 aliphatic heterocycles. The van der Waals surface area contributed by atoms with Crippen molar-refractivity contribution in [2.75, 3.05) is 20.1 Å². The molecule has 0 aromatic heterocycles. The van der Waals surface area contributed by atoms with Gasteiger partial charge in [0.05, 0.1) is 11.7 Å². The lowest BCUT2D eigenvalue weighted by Gasteiger charge is -2.31. The van der Waals surface area contributed by atoms with Crippen LogP contribution in [0.15, 0.2) is 16.3 Å². The first-order chi connectivity index (χ1) is 5.70. The van der Waals surface area contributed by atoms with Crippen LogP contribution in [0.3, 0.4) is 0 Å². The Hall–Kier alpha value is -0.830. The molecule has 2 rings (SSSR count). The number of nitrogens with one attached hydrogen (secondary N) is 1.